The average Bonchev–Trinajstić information content (AvgIpc) is 3.31. The minimum Gasteiger partial charge on any atom is -0.293 e. The van der Waals surface area contributed by atoms with Gasteiger partial charge in [0.2, 0.25) is 0 Å². The number of ketones is 1. The van der Waals surface area contributed by atoms with Crippen molar-refractivity contribution in [1.29, 1.82) is 0 Å². The fraction of sp³-hybridized carbons (Fsp3) is 0.588. The maximum Gasteiger partial charge on any atom is 0.181 e. The Kier molecular flexibility index (Phi) is 4.58. The molecule has 2 nitrogen and oxygen atoms in total. The summed E-state index contributed by atoms with van der Waals surface area (Å²) in [7, 11) is 0. The molecule has 21 heavy (non-hydrogen) atoms. The molecular formula is C17H21Cl2NO. The van der Waals surface area contributed by atoms with E-state index in [1.165, 1.54) is 25.7 Å². The summed E-state index contributed by atoms with van der Waals surface area (Å²) in [6, 6.07) is 5.02. The van der Waals surface area contributed by atoms with E-state index in [4.69, 9.17) is 23.2 Å². The molecule has 0 bridgehead atoms. The van der Waals surface area contributed by atoms with Crippen molar-refractivity contribution in [3.05, 3.63) is 33.8 Å². The van der Waals surface area contributed by atoms with Crippen LogP contribution >= 0.6 is 23.2 Å². The molecular weight excluding hydrogens is 305 g/mol. The van der Waals surface area contributed by atoms with E-state index in [1.54, 1.807) is 18.2 Å². The second-order valence-electron chi connectivity index (χ2n) is 6.51. The van der Waals surface area contributed by atoms with Crippen LogP contribution in [-0.4, -0.2) is 29.8 Å². The van der Waals surface area contributed by atoms with Crippen molar-refractivity contribution in [2.75, 3.05) is 13.1 Å². The van der Waals surface area contributed by atoms with E-state index in [1.807, 2.05) is 6.92 Å². The molecule has 0 saturated heterocycles. The topological polar surface area (TPSA) is 20.3 Å². The van der Waals surface area contributed by atoms with Crippen molar-refractivity contribution in [2.45, 2.75) is 38.6 Å². The molecule has 1 aromatic carbocycles. The molecule has 2 aliphatic rings. The molecule has 1 atom stereocenters. The van der Waals surface area contributed by atoms with Crippen molar-refractivity contribution in [3.63, 3.8) is 0 Å². The van der Waals surface area contributed by atoms with E-state index < -0.39 is 0 Å². The minimum absolute atomic E-state index is 0.107. The van der Waals surface area contributed by atoms with Gasteiger partial charge in [-0.15, -0.1) is 0 Å². The Labute approximate surface area is 136 Å². The van der Waals surface area contributed by atoms with Crippen LogP contribution < -0.4 is 0 Å². The summed E-state index contributed by atoms with van der Waals surface area (Å²) < 4.78 is 0. The molecule has 0 amide bonds. The zero-order valence-corrected chi connectivity index (χ0v) is 13.8. The van der Waals surface area contributed by atoms with E-state index in [0.717, 1.165) is 24.9 Å². The van der Waals surface area contributed by atoms with Crippen LogP contribution in [0.3, 0.4) is 0 Å². The standard InChI is InChI=1S/C17H21Cl2NO/c1-11(17(21)15-7-6-14(18)8-16(15)19)20(9-12-2-3-12)10-13-4-5-13/h6-8,11-13H,2-5,9-10H2,1H3. The summed E-state index contributed by atoms with van der Waals surface area (Å²) in [5.41, 5.74) is 0.588. The first-order valence-electron chi connectivity index (χ1n) is 7.78. The largest absolute Gasteiger partial charge is 0.293 e. The van der Waals surface area contributed by atoms with Crippen LogP contribution in [0.1, 0.15) is 43.0 Å². The summed E-state index contributed by atoms with van der Waals surface area (Å²) in [6.07, 6.45) is 5.24. The highest BCUT2D eigenvalue weighted by molar-refractivity contribution is 6.37. The predicted octanol–water partition coefficient (Wildman–Crippen LogP) is 4.69. The molecule has 0 aliphatic heterocycles. The fourth-order valence-corrected chi connectivity index (χ4v) is 3.24. The first kappa shape index (κ1) is 15.3. The van der Waals surface area contributed by atoms with Crippen LogP contribution in [0.15, 0.2) is 18.2 Å². The molecule has 114 valence electrons. The number of hydrogen-bond donors (Lipinski definition) is 0. The summed E-state index contributed by atoms with van der Waals surface area (Å²) in [5, 5.41) is 1.02. The average molecular weight is 326 g/mol. The number of carbonyl (C=O) groups is 1. The quantitative estimate of drug-likeness (QED) is 0.678. The molecule has 0 heterocycles. The van der Waals surface area contributed by atoms with Gasteiger partial charge in [0.05, 0.1) is 11.1 Å². The van der Waals surface area contributed by atoms with Gasteiger partial charge in [-0.2, -0.15) is 0 Å². The van der Waals surface area contributed by atoms with Gasteiger partial charge in [-0.05, 0) is 62.6 Å². The van der Waals surface area contributed by atoms with Crippen LogP contribution in [-0.2, 0) is 0 Å². The summed E-state index contributed by atoms with van der Waals surface area (Å²) in [6.45, 7) is 4.11. The Morgan fingerprint density at radius 3 is 2.24 bits per heavy atom. The van der Waals surface area contributed by atoms with Crippen molar-refractivity contribution < 1.29 is 4.79 Å². The van der Waals surface area contributed by atoms with Crippen LogP contribution in [0.5, 0.6) is 0 Å². The molecule has 2 aliphatic carbocycles. The molecule has 0 spiro atoms. The van der Waals surface area contributed by atoms with Gasteiger partial charge in [0.1, 0.15) is 0 Å². The van der Waals surface area contributed by atoms with Crippen LogP contribution in [0.25, 0.3) is 0 Å². The lowest BCUT2D eigenvalue weighted by Gasteiger charge is -2.28. The van der Waals surface area contributed by atoms with Crippen LogP contribution in [0, 0.1) is 11.8 Å². The molecule has 0 aromatic heterocycles. The smallest absolute Gasteiger partial charge is 0.181 e. The zero-order valence-electron chi connectivity index (χ0n) is 12.3. The maximum atomic E-state index is 12.8. The number of benzene rings is 1. The Morgan fingerprint density at radius 2 is 1.76 bits per heavy atom. The number of Topliss-reactive ketones (excluding diaryl/α,β-unsaturated/α-hetero) is 1. The lowest BCUT2D eigenvalue weighted by molar-refractivity contribution is 0.0824. The number of nitrogens with zero attached hydrogens (tertiary/aromatic N) is 1. The van der Waals surface area contributed by atoms with Gasteiger partial charge in [-0.25, -0.2) is 0 Å². The van der Waals surface area contributed by atoms with Crippen LogP contribution in [0.2, 0.25) is 10.0 Å². The third kappa shape index (κ3) is 4.00. The van der Waals surface area contributed by atoms with Crippen molar-refractivity contribution in [3.8, 4) is 0 Å². The van der Waals surface area contributed by atoms with E-state index in [2.05, 4.69) is 4.90 Å². The zero-order chi connectivity index (χ0) is 15.0. The van der Waals surface area contributed by atoms with Gasteiger partial charge >= 0.3 is 0 Å². The summed E-state index contributed by atoms with van der Waals surface area (Å²) in [5.74, 6) is 1.69. The maximum absolute atomic E-state index is 12.8. The first-order valence-corrected chi connectivity index (χ1v) is 8.53. The fourth-order valence-electron chi connectivity index (χ4n) is 2.74. The summed E-state index contributed by atoms with van der Waals surface area (Å²) in [4.78, 5) is 15.1. The molecule has 1 unspecified atom stereocenters. The van der Waals surface area contributed by atoms with E-state index >= 15 is 0 Å². The third-order valence-electron chi connectivity index (χ3n) is 4.50. The minimum atomic E-state index is -0.107. The highest BCUT2D eigenvalue weighted by Gasteiger charge is 2.34. The molecule has 4 heteroatoms. The lowest BCUT2D eigenvalue weighted by Crippen LogP contribution is -2.41. The van der Waals surface area contributed by atoms with Gasteiger partial charge < -0.3 is 0 Å². The normalized spacial score (nSPS) is 19.8. The highest BCUT2D eigenvalue weighted by atomic mass is 35.5. The van der Waals surface area contributed by atoms with Gasteiger partial charge in [0, 0.05) is 23.7 Å². The monoisotopic (exact) mass is 325 g/mol. The molecule has 1 aromatic rings. The number of hydrogen-bond acceptors (Lipinski definition) is 2. The Bertz CT molecular complexity index is 524. The third-order valence-corrected chi connectivity index (χ3v) is 5.05. The predicted molar refractivity (Wildman–Crippen MR) is 87.3 cm³/mol. The van der Waals surface area contributed by atoms with E-state index in [9.17, 15) is 4.79 Å². The van der Waals surface area contributed by atoms with E-state index in [-0.39, 0.29) is 11.8 Å². The second-order valence-corrected chi connectivity index (χ2v) is 7.35. The molecule has 0 N–H and O–H groups in total. The van der Waals surface area contributed by atoms with Gasteiger partial charge in [-0.3, -0.25) is 9.69 Å². The van der Waals surface area contributed by atoms with Crippen molar-refractivity contribution >= 4 is 29.0 Å². The Hall–Kier alpha value is -0.570. The molecule has 2 fully saturated rings. The summed E-state index contributed by atoms with van der Waals surface area (Å²) >= 11 is 12.1. The van der Waals surface area contributed by atoms with Gasteiger partial charge in [0.25, 0.3) is 0 Å². The Balaban J connectivity index is 1.73. The number of halogens is 2. The van der Waals surface area contributed by atoms with E-state index in [0.29, 0.717) is 15.6 Å². The lowest BCUT2D eigenvalue weighted by atomic mass is 10.0. The van der Waals surface area contributed by atoms with Crippen molar-refractivity contribution in [1.82, 2.24) is 4.90 Å². The van der Waals surface area contributed by atoms with Crippen LogP contribution in [0.4, 0.5) is 0 Å². The molecule has 0 radical (unpaired) electrons. The number of carbonyl (C=O) groups excluding carboxylic acids is 1. The van der Waals surface area contributed by atoms with Gasteiger partial charge in [0.15, 0.2) is 5.78 Å². The number of rotatable bonds is 7. The molecule has 3 rings (SSSR count). The highest BCUT2D eigenvalue weighted by Crippen LogP contribution is 2.35. The van der Waals surface area contributed by atoms with Gasteiger partial charge in [-0.1, -0.05) is 23.2 Å². The SMILES string of the molecule is CC(C(=O)c1ccc(Cl)cc1Cl)N(CC1CC1)CC1CC1. The first-order chi connectivity index (χ1) is 10.0. The van der Waals surface area contributed by atoms with Crippen molar-refractivity contribution in [2.24, 2.45) is 11.8 Å². The molecule has 2 saturated carbocycles. The Morgan fingerprint density at radius 1 is 1.19 bits per heavy atom. The second kappa shape index (κ2) is 6.28.